The molecule has 1 rings (SSSR count). The van der Waals surface area contributed by atoms with Crippen LogP contribution in [0.25, 0.3) is 0 Å². The summed E-state index contributed by atoms with van der Waals surface area (Å²) in [6.45, 7) is 4.48. The number of aliphatic imine (C=N–C) groups is 1. The number of aromatic nitrogens is 1. The van der Waals surface area contributed by atoms with Gasteiger partial charge in [-0.05, 0) is 25.5 Å². The van der Waals surface area contributed by atoms with E-state index >= 15 is 0 Å². The summed E-state index contributed by atoms with van der Waals surface area (Å²) >= 11 is 0. The minimum Gasteiger partial charge on any atom is -0.357 e. The fourth-order valence-corrected chi connectivity index (χ4v) is 1.50. The topological polar surface area (TPSA) is 49.3 Å². The molecule has 0 amide bonds. The molecule has 0 aliphatic rings. The van der Waals surface area contributed by atoms with Gasteiger partial charge in [-0.2, -0.15) is 13.2 Å². The van der Waals surface area contributed by atoms with Crippen molar-refractivity contribution in [1.29, 1.82) is 0 Å². The normalized spacial score (nSPS) is 11.8. The number of aryl methyl sites for hydroxylation is 1. The Morgan fingerprint density at radius 3 is 2.62 bits per heavy atom. The molecule has 0 atom stereocenters. The van der Waals surface area contributed by atoms with E-state index in [1.165, 1.54) is 0 Å². The SMILES string of the molecule is CCNC(=NCc1ncccc1C)NCCC(F)(F)F.I. The summed E-state index contributed by atoms with van der Waals surface area (Å²) in [4.78, 5) is 8.42. The van der Waals surface area contributed by atoms with Gasteiger partial charge in [-0.15, -0.1) is 24.0 Å². The molecule has 0 saturated carbocycles. The van der Waals surface area contributed by atoms with E-state index in [1.54, 1.807) is 6.20 Å². The Labute approximate surface area is 139 Å². The van der Waals surface area contributed by atoms with Crippen LogP contribution in [0.5, 0.6) is 0 Å². The van der Waals surface area contributed by atoms with Gasteiger partial charge >= 0.3 is 6.18 Å². The first-order valence-corrected chi connectivity index (χ1v) is 6.42. The number of pyridine rings is 1. The van der Waals surface area contributed by atoms with Crippen LogP contribution >= 0.6 is 24.0 Å². The standard InChI is InChI=1S/C13H19F3N4.HI/c1-3-17-12(19-8-6-13(14,15)16)20-9-11-10(2)5-4-7-18-11;/h4-5,7H,3,6,8-9H2,1-2H3,(H2,17,19,20);1H. The number of halogens is 4. The summed E-state index contributed by atoms with van der Waals surface area (Å²) in [5.41, 5.74) is 1.81. The predicted molar refractivity (Wildman–Crippen MR) is 87.9 cm³/mol. The lowest BCUT2D eigenvalue weighted by atomic mass is 10.2. The molecule has 0 spiro atoms. The van der Waals surface area contributed by atoms with Gasteiger partial charge in [-0.25, -0.2) is 4.99 Å². The maximum atomic E-state index is 12.1. The highest BCUT2D eigenvalue weighted by Crippen LogP contribution is 2.18. The van der Waals surface area contributed by atoms with Crippen LogP contribution in [0.3, 0.4) is 0 Å². The van der Waals surface area contributed by atoms with Gasteiger partial charge in [0.2, 0.25) is 0 Å². The summed E-state index contributed by atoms with van der Waals surface area (Å²) in [7, 11) is 0. The summed E-state index contributed by atoms with van der Waals surface area (Å²) in [5, 5.41) is 5.56. The molecule has 0 aliphatic heterocycles. The monoisotopic (exact) mass is 416 g/mol. The average molecular weight is 416 g/mol. The Hall–Kier alpha value is -1.06. The van der Waals surface area contributed by atoms with E-state index in [9.17, 15) is 13.2 Å². The Morgan fingerprint density at radius 1 is 1.33 bits per heavy atom. The first kappa shape index (κ1) is 19.9. The third-order valence-electron chi connectivity index (χ3n) is 2.55. The van der Waals surface area contributed by atoms with Crippen LogP contribution in [0.15, 0.2) is 23.3 Å². The molecule has 2 N–H and O–H groups in total. The lowest BCUT2D eigenvalue weighted by Gasteiger charge is -2.12. The molecule has 0 radical (unpaired) electrons. The van der Waals surface area contributed by atoms with Crippen molar-refractivity contribution in [3.8, 4) is 0 Å². The number of hydrogen-bond acceptors (Lipinski definition) is 2. The molecule has 1 aromatic rings. The minimum atomic E-state index is -4.16. The van der Waals surface area contributed by atoms with E-state index in [0.29, 0.717) is 19.0 Å². The quantitative estimate of drug-likeness (QED) is 0.441. The van der Waals surface area contributed by atoms with Gasteiger partial charge in [0.05, 0.1) is 18.7 Å². The van der Waals surface area contributed by atoms with Crippen LogP contribution in [0, 0.1) is 6.92 Å². The smallest absolute Gasteiger partial charge is 0.357 e. The van der Waals surface area contributed by atoms with Crippen molar-refractivity contribution < 1.29 is 13.2 Å². The van der Waals surface area contributed by atoms with E-state index in [2.05, 4.69) is 20.6 Å². The highest BCUT2D eigenvalue weighted by molar-refractivity contribution is 14.0. The molecule has 0 aliphatic carbocycles. The first-order chi connectivity index (χ1) is 9.42. The molecule has 1 aromatic heterocycles. The molecule has 120 valence electrons. The minimum absolute atomic E-state index is 0. The Bertz CT molecular complexity index is 449. The molecule has 0 fully saturated rings. The van der Waals surface area contributed by atoms with E-state index in [1.807, 2.05) is 26.0 Å². The zero-order chi connectivity index (χ0) is 15.0. The van der Waals surface area contributed by atoms with Crippen LogP contribution in [0.4, 0.5) is 13.2 Å². The molecular weight excluding hydrogens is 396 g/mol. The van der Waals surface area contributed by atoms with Crippen LogP contribution in [-0.2, 0) is 6.54 Å². The maximum Gasteiger partial charge on any atom is 0.390 e. The van der Waals surface area contributed by atoms with E-state index in [0.717, 1.165) is 11.3 Å². The van der Waals surface area contributed by atoms with Crippen molar-refractivity contribution in [1.82, 2.24) is 15.6 Å². The molecule has 8 heteroatoms. The Morgan fingerprint density at radius 2 is 2.05 bits per heavy atom. The molecule has 1 heterocycles. The summed E-state index contributed by atoms with van der Waals surface area (Å²) < 4.78 is 36.3. The highest BCUT2D eigenvalue weighted by atomic mass is 127. The third-order valence-corrected chi connectivity index (χ3v) is 2.55. The molecule has 4 nitrogen and oxygen atoms in total. The molecule has 0 bridgehead atoms. The van der Waals surface area contributed by atoms with Gasteiger partial charge in [-0.1, -0.05) is 6.07 Å². The molecule has 0 aromatic carbocycles. The zero-order valence-corrected chi connectivity index (χ0v) is 14.3. The van der Waals surface area contributed by atoms with Crippen molar-refractivity contribution >= 4 is 29.9 Å². The van der Waals surface area contributed by atoms with Gasteiger partial charge in [0.15, 0.2) is 5.96 Å². The fourth-order valence-electron chi connectivity index (χ4n) is 1.50. The third kappa shape index (κ3) is 8.74. The molecule has 0 saturated heterocycles. The number of hydrogen-bond donors (Lipinski definition) is 2. The first-order valence-electron chi connectivity index (χ1n) is 6.42. The van der Waals surface area contributed by atoms with Crippen LogP contribution < -0.4 is 10.6 Å². The number of rotatable bonds is 5. The average Bonchev–Trinajstić information content (AvgIpc) is 2.36. The second kappa shape index (κ2) is 9.80. The van der Waals surface area contributed by atoms with Crippen molar-refractivity contribution in [2.24, 2.45) is 4.99 Å². The van der Waals surface area contributed by atoms with Gasteiger partial charge < -0.3 is 10.6 Å². The van der Waals surface area contributed by atoms with Crippen molar-refractivity contribution in [3.63, 3.8) is 0 Å². The lowest BCUT2D eigenvalue weighted by molar-refractivity contribution is -0.132. The van der Waals surface area contributed by atoms with Crippen LogP contribution in [0.2, 0.25) is 0 Å². The summed E-state index contributed by atoms with van der Waals surface area (Å²) in [6, 6.07) is 3.75. The second-order valence-corrected chi connectivity index (χ2v) is 4.25. The Balaban J connectivity index is 0.00000400. The molecule has 0 unspecified atom stereocenters. The number of guanidine groups is 1. The van der Waals surface area contributed by atoms with Crippen molar-refractivity contribution in [2.75, 3.05) is 13.1 Å². The van der Waals surface area contributed by atoms with Crippen LogP contribution in [0.1, 0.15) is 24.6 Å². The van der Waals surface area contributed by atoms with Gasteiger partial charge in [-0.3, -0.25) is 4.98 Å². The summed E-state index contributed by atoms with van der Waals surface area (Å²) in [5.74, 6) is 0.363. The number of nitrogens with zero attached hydrogens (tertiary/aromatic N) is 2. The molecular formula is C13H20F3IN4. The Kier molecular flexibility index (Phi) is 9.31. The van der Waals surface area contributed by atoms with Gasteiger partial charge in [0, 0.05) is 19.3 Å². The van der Waals surface area contributed by atoms with E-state index < -0.39 is 12.6 Å². The highest BCUT2D eigenvalue weighted by Gasteiger charge is 2.26. The molecule has 21 heavy (non-hydrogen) atoms. The van der Waals surface area contributed by atoms with E-state index in [4.69, 9.17) is 0 Å². The largest absolute Gasteiger partial charge is 0.390 e. The fraction of sp³-hybridized carbons (Fsp3) is 0.538. The van der Waals surface area contributed by atoms with Crippen LogP contribution in [-0.4, -0.2) is 30.2 Å². The summed E-state index contributed by atoms with van der Waals surface area (Å²) in [6.07, 6.45) is -3.39. The predicted octanol–water partition coefficient (Wildman–Crippen LogP) is 3.02. The second-order valence-electron chi connectivity index (χ2n) is 4.25. The van der Waals surface area contributed by atoms with E-state index in [-0.39, 0.29) is 30.5 Å². The zero-order valence-electron chi connectivity index (χ0n) is 12.0. The maximum absolute atomic E-state index is 12.1. The van der Waals surface area contributed by atoms with Gasteiger partial charge in [0.25, 0.3) is 0 Å². The van der Waals surface area contributed by atoms with Gasteiger partial charge in [0.1, 0.15) is 0 Å². The lowest BCUT2D eigenvalue weighted by Crippen LogP contribution is -2.38. The number of alkyl halides is 3. The van der Waals surface area contributed by atoms with Crippen molar-refractivity contribution in [2.45, 2.75) is 33.0 Å². The van der Waals surface area contributed by atoms with Crippen molar-refractivity contribution in [3.05, 3.63) is 29.6 Å². The number of nitrogens with one attached hydrogen (secondary N) is 2.